The Morgan fingerprint density at radius 3 is 2.44 bits per heavy atom. The average Bonchev–Trinajstić information content (AvgIpc) is 2.62. The van der Waals surface area contributed by atoms with Crippen molar-refractivity contribution in [2.75, 3.05) is 13.1 Å². The lowest BCUT2D eigenvalue weighted by molar-refractivity contribution is -0.292. The van der Waals surface area contributed by atoms with Crippen LogP contribution in [-0.4, -0.2) is 41.4 Å². The summed E-state index contributed by atoms with van der Waals surface area (Å²) in [5, 5.41) is 0. The van der Waals surface area contributed by atoms with E-state index in [9.17, 15) is 4.79 Å². The van der Waals surface area contributed by atoms with Gasteiger partial charge in [-0.15, -0.1) is 0 Å². The van der Waals surface area contributed by atoms with Crippen molar-refractivity contribution < 1.29 is 14.3 Å². The highest BCUT2D eigenvalue weighted by Gasteiger charge is 2.62. The third kappa shape index (κ3) is 2.00. The molecular formula is C14H25NO3. The summed E-state index contributed by atoms with van der Waals surface area (Å²) in [7, 11) is 0. The first-order chi connectivity index (χ1) is 8.07. The fourth-order valence-corrected chi connectivity index (χ4v) is 2.84. The number of hydrogen-bond donors (Lipinski definition) is 0. The molecule has 0 aromatic heterocycles. The molecule has 2 unspecified atom stereocenters. The van der Waals surface area contributed by atoms with E-state index in [2.05, 4.69) is 20.8 Å². The van der Waals surface area contributed by atoms with Gasteiger partial charge in [0.05, 0.1) is 18.2 Å². The number of carbonyl (C=O) groups excluding carboxylic acids is 1. The summed E-state index contributed by atoms with van der Waals surface area (Å²) < 4.78 is 11.4. The molecule has 0 radical (unpaired) electrons. The third-order valence-corrected chi connectivity index (χ3v) is 4.48. The van der Waals surface area contributed by atoms with Crippen LogP contribution in [0, 0.1) is 5.41 Å². The second kappa shape index (κ2) is 3.86. The van der Waals surface area contributed by atoms with E-state index in [0.717, 1.165) is 13.0 Å². The molecule has 2 rings (SSSR count). The summed E-state index contributed by atoms with van der Waals surface area (Å²) in [6, 6.07) is 0. The van der Waals surface area contributed by atoms with Crippen LogP contribution < -0.4 is 0 Å². The lowest BCUT2D eigenvalue weighted by Gasteiger charge is -2.58. The van der Waals surface area contributed by atoms with Crippen LogP contribution in [0.1, 0.15) is 48.0 Å². The highest BCUT2D eigenvalue weighted by atomic mass is 16.6. The standard InChI is InChI=1S/C14H25NO3/c1-10-13(5,6)14(17-10)7-8-15(9-14)11(16)18-12(2,3)4/h10H,7-9H2,1-6H3. The zero-order chi connectivity index (χ0) is 13.8. The molecule has 0 N–H and O–H groups in total. The number of ether oxygens (including phenoxy) is 2. The number of hydrogen-bond acceptors (Lipinski definition) is 3. The predicted octanol–water partition coefficient (Wildman–Crippen LogP) is 2.81. The van der Waals surface area contributed by atoms with E-state index < -0.39 is 5.60 Å². The quantitative estimate of drug-likeness (QED) is 0.668. The second-order valence-electron chi connectivity index (χ2n) is 7.13. The summed E-state index contributed by atoms with van der Waals surface area (Å²) in [6.45, 7) is 13.6. The topological polar surface area (TPSA) is 38.8 Å². The first kappa shape index (κ1) is 13.7. The van der Waals surface area contributed by atoms with E-state index >= 15 is 0 Å². The Kier molecular flexibility index (Phi) is 2.93. The van der Waals surface area contributed by atoms with Crippen molar-refractivity contribution in [1.82, 2.24) is 4.90 Å². The minimum absolute atomic E-state index is 0.129. The molecule has 2 aliphatic heterocycles. The van der Waals surface area contributed by atoms with E-state index in [-0.39, 0.29) is 23.2 Å². The van der Waals surface area contributed by atoms with Crippen molar-refractivity contribution in [3.05, 3.63) is 0 Å². The molecule has 0 aromatic rings. The molecule has 0 aromatic carbocycles. The Morgan fingerprint density at radius 1 is 1.39 bits per heavy atom. The molecule has 4 nitrogen and oxygen atoms in total. The Balaban J connectivity index is 2.00. The highest BCUT2D eigenvalue weighted by Crippen LogP contribution is 2.54. The van der Waals surface area contributed by atoms with Crippen LogP contribution >= 0.6 is 0 Å². The minimum Gasteiger partial charge on any atom is -0.444 e. The predicted molar refractivity (Wildman–Crippen MR) is 69.5 cm³/mol. The number of carbonyl (C=O) groups is 1. The van der Waals surface area contributed by atoms with Crippen LogP contribution in [0.15, 0.2) is 0 Å². The van der Waals surface area contributed by atoms with E-state index in [1.54, 1.807) is 4.90 Å². The summed E-state index contributed by atoms with van der Waals surface area (Å²) in [5.41, 5.74) is -0.469. The molecule has 1 amide bonds. The van der Waals surface area contributed by atoms with Crippen molar-refractivity contribution in [3.8, 4) is 0 Å². The van der Waals surface area contributed by atoms with Gasteiger partial charge in [-0.2, -0.15) is 0 Å². The maximum Gasteiger partial charge on any atom is 0.410 e. The molecular weight excluding hydrogens is 230 g/mol. The van der Waals surface area contributed by atoms with Gasteiger partial charge >= 0.3 is 6.09 Å². The van der Waals surface area contributed by atoms with E-state index in [1.807, 2.05) is 20.8 Å². The van der Waals surface area contributed by atoms with Crippen molar-refractivity contribution in [2.24, 2.45) is 5.41 Å². The SMILES string of the molecule is CC1OC2(CCN(C(=O)OC(C)(C)C)C2)C1(C)C. The van der Waals surface area contributed by atoms with E-state index in [1.165, 1.54) is 0 Å². The van der Waals surface area contributed by atoms with Gasteiger partial charge < -0.3 is 14.4 Å². The van der Waals surface area contributed by atoms with E-state index in [4.69, 9.17) is 9.47 Å². The number of nitrogens with zero attached hydrogens (tertiary/aromatic N) is 1. The molecule has 0 bridgehead atoms. The minimum atomic E-state index is -0.434. The first-order valence-electron chi connectivity index (χ1n) is 6.73. The maximum absolute atomic E-state index is 12.0. The fourth-order valence-electron chi connectivity index (χ4n) is 2.84. The van der Waals surface area contributed by atoms with Crippen LogP contribution in [0.2, 0.25) is 0 Å². The number of amides is 1. The Morgan fingerprint density at radius 2 is 2.00 bits per heavy atom. The van der Waals surface area contributed by atoms with Gasteiger partial charge in [0.15, 0.2) is 0 Å². The van der Waals surface area contributed by atoms with E-state index in [0.29, 0.717) is 6.54 Å². The largest absolute Gasteiger partial charge is 0.444 e. The monoisotopic (exact) mass is 255 g/mol. The second-order valence-corrected chi connectivity index (χ2v) is 7.13. The Hall–Kier alpha value is -0.770. The first-order valence-corrected chi connectivity index (χ1v) is 6.73. The fraction of sp³-hybridized carbons (Fsp3) is 0.929. The van der Waals surface area contributed by atoms with Gasteiger partial charge in [-0.3, -0.25) is 0 Å². The van der Waals surface area contributed by atoms with Crippen molar-refractivity contribution in [2.45, 2.75) is 65.3 Å². The molecule has 2 fully saturated rings. The average molecular weight is 255 g/mol. The molecule has 104 valence electrons. The van der Waals surface area contributed by atoms with Gasteiger partial charge in [0, 0.05) is 12.0 Å². The lowest BCUT2D eigenvalue weighted by atomic mass is 9.65. The smallest absolute Gasteiger partial charge is 0.410 e. The van der Waals surface area contributed by atoms with Crippen LogP contribution in [0.5, 0.6) is 0 Å². The Labute approximate surface area is 110 Å². The summed E-state index contributed by atoms with van der Waals surface area (Å²) >= 11 is 0. The zero-order valence-corrected chi connectivity index (χ0v) is 12.4. The van der Waals surface area contributed by atoms with Crippen LogP contribution in [0.25, 0.3) is 0 Å². The van der Waals surface area contributed by atoms with Gasteiger partial charge in [0.2, 0.25) is 0 Å². The van der Waals surface area contributed by atoms with Crippen molar-refractivity contribution in [1.29, 1.82) is 0 Å². The molecule has 0 saturated carbocycles. The Bertz CT molecular complexity index is 359. The van der Waals surface area contributed by atoms with Gasteiger partial charge in [-0.05, 0) is 34.1 Å². The zero-order valence-electron chi connectivity index (χ0n) is 12.4. The van der Waals surface area contributed by atoms with Gasteiger partial charge in [-0.1, -0.05) is 13.8 Å². The van der Waals surface area contributed by atoms with Crippen molar-refractivity contribution >= 4 is 6.09 Å². The molecule has 4 heteroatoms. The number of likely N-dealkylation sites (tertiary alicyclic amines) is 1. The molecule has 18 heavy (non-hydrogen) atoms. The molecule has 2 aliphatic rings. The highest BCUT2D eigenvalue weighted by molar-refractivity contribution is 5.68. The summed E-state index contributed by atoms with van der Waals surface area (Å²) in [6.07, 6.45) is 0.943. The van der Waals surface area contributed by atoms with Gasteiger partial charge in [0.25, 0.3) is 0 Å². The lowest BCUT2D eigenvalue weighted by Crippen LogP contribution is -2.66. The summed E-state index contributed by atoms with van der Waals surface area (Å²) in [4.78, 5) is 13.8. The van der Waals surface area contributed by atoms with Crippen molar-refractivity contribution in [3.63, 3.8) is 0 Å². The van der Waals surface area contributed by atoms with Crippen LogP contribution in [-0.2, 0) is 9.47 Å². The van der Waals surface area contributed by atoms with Crippen LogP contribution in [0.3, 0.4) is 0 Å². The number of rotatable bonds is 0. The molecule has 0 aliphatic carbocycles. The van der Waals surface area contributed by atoms with Crippen LogP contribution in [0.4, 0.5) is 4.79 Å². The maximum atomic E-state index is 12.0. The molecule has 1 spiro atoms. The molecule has 2 heterocycles. The molecule has 2 atom stereocenters. The summed E-state index contributed by atoms with van der Waals surface area (Å²) in [5.74, 6) is 0. The van der Waals surface area contributed by atoms with Gasteiger partial charge in [-0.25, -0.2) is 4.79 Å². The molecule has 2 saturated heterocycles. The normalized spacial score (nSPS) is 34.6. The third-order valence-electron chi connectivity index (χ3n) is 4.48. The van der Waals surface area contributed by atoms with Gasteiger partial charge in [0.1, 0.15) is 5.60 Å².